The van der Waals surface area contributed by atoms with E-state index in [1.807, 2.05) is 13.0 Å². The lowest BCUT2D eigenvalue weighted by molar-refractivity contribution is -0.116. The van der Waals surface area contributed by atoms with Crippen LogP contribution in [0.4, 0.5) is 5.69 Å². The second kappa shape index (κ2) is 10.3. The molecule has 0 atom stereocenters. The third-order valence-corrected chi connectivity index (χ3v) is 6.51. The Kier molecular flexibility index (Phi) is 7.45. The maximum absolute atomic E-state index is 13.3. The predicted molar refractivity (Wildman–Crippen MR) is 121 cm³/mol. The minimum Gasteiger partial charge on any atom is -0.497 e. The van der Waals surface area contributed by atoms with Crippen LogP contribution in [0.1, 0.15) is 11.1 Å². The smallest absolute Gasteiger partial charge is 0.245 e. The number of aromatic nitrogens is 1. The van der Waals surface area contributed by atoms with Gasteiger partial charge in [0.05, 0.1) is 26.5 Å². The second-order valence-electron chi connectivity index (χ2n) is 7.06. The number of methoxy groups -OCH3 is 2. The molecule has 0 aliphatic carbocycles. The number of pyridine rings is 1. The molecule has 1 N–H and O–H groups in total. The fourth-order valence-corrected chi connectivity index (χ4v) is 4.43. The van der Waals surface area contributed by atoms with Gasteiger partial charge >= 0.3 is 0 Å². The van der Waals surface area contributed by atoms with E-state index in [0.29, 0.717) is 22.7 Å². The maximum Gasteiger partial charge on any atom is 0.245 e. The van der Waals surface area contributed by atoms with Crippen molar-refractivity contribution in [1.82, 2.24) is 9.29 Å². The molecule has 9 heteroatoms. The molecule has 0 saturated carbocycles. The third-order valence-electron chi connectivity index (χ3n) is 4.74. The van der Waals surface area contributed by atoms with Crippen LogP contribution in [0.5, 0.6) is 11.5 Å². The van der Waals surface area contributed by atoms with Gasteiger partial charge in [0.25, 0.3) is 0 Å². The first-order valence-electron chi connectivity index (χ1n) is 9.81. The van der Waals surface area contributed by atoms with E-state index in [0.717, 1.165) is 9.87 Å². The Balaban J connectivity index is 1.88. The summed E-state index contributed by atoms with van der Waals surface area (Å²) < 4.78 is 38.1. The minimum absolute atomic E-state index is 0.000402. The summed E-state index contributed by atoms with van der Waals surface area (Å²) in [5.41, 5.74) is 2.11. The van der Waals surface area contributed by atoms with E-state index in [4.69, 9.17) is 9.47 Å². The molecule has 1 amide bonds. The molecule has 1 heterocycles. The molecular weight excluding hydrogens is 430 g/mol. The van der Waals surface area contributed by atoms with E-state index >= 15 is 0 Å². The number of benzene rings is 2. The van der Waals surface area contributed by atoms with Crippen LogP contribution in [0.25, 0.3) is 0 Å². The molecule has 0 bridgehead atoms. The molecular formula is C23H25N3O5S. The number of anilines is 1. The molecule has 3 rings (SSSR count). The van der Waals surface area contributed by atoms with Crippen molar-refractivity contribution in [3.05, 3.63) is 78.1 Å². The molecule has 8 nitrogen and oxygen atoms in total. The number of carbonyl (C=O) groups excluding carboxylic acids is 1. The van der Waals surface area contributed by atoms with Crippen molar-refractivity contribution >= 4 is 21.6 Å². The van der Waals surface area contributed by atoms with Crippen molar-refractivity contribution in [2.45, 2.75) is 18.4 Å². The number of nitrogens with one attached hydrogen (secondary N) is 1. The first-order valence-corrected chi connectivity index (χ1v) is 11.2. The highest BCUT2D eigenvalue weighted by Crippen LogP contribution is 2.26. The Labute approximate surface area is 187 Å². The molecule has 0 radical (unpaired) electrons. The summed E-state index contributed by atoms with van der Waals surface area (Å²) in [5, 5.41) is 2.75. The van der Waals surface area contributed by atoms with Crippen LogP contribution < -0.4 is 14.8 Å². The first kappa shape index (κ1) is 23.2. The summed E-state index contributed by atoms with van der Waals surface area (Å²) in [6.07, 6.45) is 2.75. The number of amides is 1. The molecule has 3 aromatic rings. The van der Waals surface area contributed by atoms with Crippen LogP contribution in [0.2, 0.25) is 0 Å². The van der Waals surface area contributed by atoms with Crippen molar-refractivity contribution in [2.75, 3.05) is 26.1 Å². The Hall–Kier alpha value is -3.43. The van der Waals surface area contributed by atoms with Crippen LogP contribution in [0, 0.1) is 6.92 Å². The molecule has 2 aromatic carbocycles. The van der Waals surface area contributed by atoms with Crippen molar-refractivity contribution in [3.63, 3.8) is 0 Å². The van der Waals surface area contributed by atoms with Gasteiger partial charge in [-0.15, -0.1) is 0 Å². The van der Waals surface area contributed by atoms with Gasteiger partial charge in [-0.05, 0) is 54.4 Å². The van der Waals surface area contributed by atoms with Gasteiger partial charge < -0.3 is 14.8 Å². The normalized spacial score (nSPS) is 11.2. The van der Waals surface area contributed by atoms with E-state index in [1.54, 1.807) is 43.5 Å². The summed E-state index contributed by atoms with van der Waals surface area (Å²) in [4.78, 5) is 16.8. The van der Waals surface area contributed by atoms with E-state index < -0.39 is 15.9 Å². The van der Waals surface area contributed by atoms with Crippen LogP contribution in [-0.2, 0) is 21.4 Å². The van der Waals surface area contributed by atoms with Crippen molar-refractivity contribution < 1.29 is 22.7 Å². The van der Waals surface area contributed by atoms with Crippen molar-refractivity contribution in [3.8, 4) is 11.5 Å². The van der Waals surface area contributed by atoms with E-state index in [-0.39, 0.29) is 18.0 Å². The number of nitrogens with zero attached hydrogens (tertiary/aromatic N) is 2. The maximum atomic E-state index is 13.3. The molecule has 168 valence electrons. The fourth-order valence-electron chi connectivity index (χ4n) is 3.08. The number of aryl methyl sites for hydroxylation is 1. The highest BCUT2D eigenvalue weighted by atomic mass is 32.2. The van der Waals surface area contributed by atoms with Crippen molar-refractivity contribution in [1.29, 1.82) is 0 Å². The quantitative estimate of drug-likeness (QED) is 0.532. The van der Waals surface area contributed by atoms with Gasteiger partial charge in [0.2, 0.25) is 15.9 Å². The molecule has 32 heavy (non-hydrogen) atoms. The average Bonchev–Trinajstić information content (AvgIpc) is 2.80. The summed E-state index contributed by atoms with van der Waals surface area (Å²) in [6, 6.07) is 15.3. The predicted octanol–water partition coefficient (Wildman–Crippen LogP) is 3.24. The van der Waals surface area contributed by atoms with Crippen LogP contribution in [-0.4, -0.2) is 44.4 Å². The summed E-state index contributed by atoms with van der Waals surface area (Å²) in [7, 11) is -0.922. The molecule has 1 aromatic heterocycles. The molecule has 0 aliphatic rings. The van der Waals surface area contributed by atoms with Crippen LogP contribution >= 0.6 is 0 Å². The molecule has 0 fully saturated rings. The molecule has 0 unspecified atom stereocenters. The van der Waals surface area contributed by atoms with Gasteiger partial charge in [-0.2, -0.15) is 4.31 Å². The van der Waals surface area contributed by atoms with Gasteiger partial charge in [0.1, 0.15) is 16.4 Å². The molecule has 0 spiro atoms. The highest BCUT2D eigenvalue weighted by molar-refractivity contribution is 7.89. The zero-order valence-corrected chi connectivity index (χ0v) is 18.9. The van der Waals surface area contributed by atoms with Crippen molar-refractivity contribution in [2.24, 2.45) is 0 Å². The summed E-state index contributed by atoms with van der Waals surface area (Å²) in [5.74, 6) is 0.648. The fraction of sp³-hybridized carbons (Fsp3) is 0.217. The van der Waals surface area contributed by atoms with Gasteiger partial charge in [0, 0.05) is 18.9 Å². The number of ether oxygens (including phenoxy) is 2. The minimum atomic E-state index is -3.98. The second-order valence-corrected chi connectivity index (χ2v) is 9.00. The van der Waals surface area contributed by atoms with Gasteiger partial charge in [0.15, 0.2) is 0 Å². The monoisotopic (exact) mass is 455 g/mol. The Morgan fingerprint density at radius 3 is 2.44 bits per heavy atom. The lowest BCUT2D eigenvalue weighted by Crippen LogP contribution is -2.37. The van der Waals surface area contributed by atoms with Crippen LogP contribution in [0.3, 0.4) is 0 Å². The van der Waals surface area contributed by atoms with E-state index in [9.17, 15) is 13.2 Å². The molecule has 0 saturated heterocycles. The topological polar surface area (TPSA) is 97.8 Å². The highest BCUT2D eigenvalue weighted by Gasteiger charge is 2.27. The zero-order chi connectivity index (χ0) is 23.1. The number of carbonyl (C=O) groups is 1. The lowest BCUT2D eigenvalue weighted by Gasteiger charge is -2.22. The third kappa shape index (κ3) is 5.63. The lowest BCUT2D eigenvalue weighted by atomic mass is 10.2. The summed E-state index contributed by atoms with van der Waals surface area (Å²) >= 11 is 0. The Bertz CT molecular complexity index is 1170. The molecule has 0 aliphatic heterocycles. The zero-order valence-electron chi connectivity index (χ0n) is 18.1. The largest absolute Gasteiger partial charge is 0.497 e. The summed E-state index contributed by atoms with van der Waals surface area (Å²) in [6.45, 7) is 1.50. The van der Waals surface area contributed by atoms with Gasteiger partial charge in [-0.25, -0.2) is 8.42 Å². The Morgan fingerprint density at radius 1 is 1.06 bits per heavy atom. The Morgan fingerprint density at radius 2 is 1.81 bits per heavy atom. The average molecular weight is 456 g/mol. The van der Waals surface area contributed by atoms with E-state index in [1.165, 1.54) is 31.6 Å². The number of hydrogen-bond acceptors (Lipinski definition) is 6. The van der Waals surface area contributed by atoms with E-state index in [2.05, 4.69) is 10.3 Å². The standard InChI is InChI=1S/C23H25N3O5S/c1-17-6-11-22(31-3)21(13-17)25-23(27)16-26(15-18-7-9-19(30-2)10-8-18)32(28,29)20-5-4-12-24-14-20/h4-14H,15-16H2,1-3H3,(H,25,27). The number of rotatable bonds is 9. The van der Waals surface area contributed by atoms with Gasteiger partial charge in [-0.3, -0.25) is 9.78 Å². The van der Waals surface area contributed by atoms with Gasteiger partial charge in [-0.1, -0.05) is 18.2 Å². The number of sulfonamides is 1. The SMILES string of the molecule is COc1ccc(CN(CC(=O)Nc2cc(C)ccc2OC)S(=O)(=O)c2cccnc2)cc1. The first-order chi connectivity index (χ1) is 15.3. The number of hydrogen-bond donors (Lipinski definition) is 1. The van der Waals surface area contributed by atoms with Crippen LogP contribution in [0.15, 0.2) is 71.9 Å².